The zero-order chi connectivity index (χ0) is 9.72. The van der Waals surface area contributed by atoms with Crippen LogP contribution in [0.2, 0.25) is 0 Å². The Balaban J connectivity index is 4.13. The summed E-state index contributed by atoms with van der Waals surface area (Å²) in [5.74, 6) is 0.0682. The Hall–Kier alpha value is -0.410. The third kappa shape index (κ3) is 3.83. The van der Waals surface area contributed by atoms with Crippen molar-refractivity contribution >= 4 is 5.78 Å². The van der Waals surface area contributed by atoms with Crippen molar-refractivity contribution in [3.63, 3.8) is 0 Å². The first kappa shape index (κ1) is 11.6. The van der Waals surface area contributed by atoms with Crippen molar-refractivity contribution < 1.29 is 9.90 Å². The highest BCUT2D eigenvalue weighted by Gasteiger charge is 2.21. The molecule has 0 radical (unpaired) electrons. The number of rotatable bonds is 5. The van der Waals surface area contributed by atoms with Crippen LogP contribution in [0.4, 0.5) is 0 Å². The van der Waals surface area contributed by atoms with Crippen LogP contribution in [0.5, 0.6) is 0 Å². The highest BCUT2D eigenvalue weighted by Crippen LogP contribution is 1.99. The fraction of sp³-hybridized carbons (Fsp3) is 0.889. The van der Waals surface area contributed by atoms with Gasteiger partial charge in [-0.05, 0) is 6.92 Å². The molecule has 0 bridgehead atoms. The van der Waals surface area contributed by atoms with E-state index in [1.807, 2.05) is 13.8 Å². The number of nitrogens with one attached hydrogen (secondary N) is 1. The second kappa shape index (κ2) is 5.27. The van der Waals surface area contributed by atoms with Crippen molar-refractivity contribution in [3.8, 4) is 0 Å². The standard InChI is InChI=1S/C9H19NO2/c1-5-8(12)9(7(4)11)10-6(2)3/h6-7,9-11H,5H2,1-4H3/t7-,9-/m1/s1. The van der Waals surface area contributed by atoms with E-state index < -0.39 is 12.1 Å². The lowest BCUT2D eigenvalue weighted by Gasteiger charge is -2.21. The van der Waals surface area contributed by atoms with E-state index in [0.717, 1.165) is 0 Å². The molecule has 2 N–H and O–H groups in total. The van der Waals surface area contributed by atoms with Gasteiger partial charge < -0.3 is 10.4 Å². The van der Waals surface area contributed by atoms with Gasteiger partial charge in [0.25, 0.3) is 0 Å². The topological polar surface area (TPSA) is 49.3 Å². The Bertz CT molecular complexity index is 143. The SMILES string of the molecule is CCC(=O)[C@H](NC(C)C)[C@@H](C)O. The van der Waals surface area contributed by atoms with Gasteiger partial charge in [-0.25, -0.2) is 0 Å². The van der Waals surface area contributed by atoms with Gasteiger partial charge in [-0.1, -0.05) is 20.8 Å². The minimum atomic E-state index is -0.611. The van der Waals surface area contributed by atoms with E-state index in [1.165, 1.54) is 0 Å². The predicted octanol–water partition coefficient (Wildman–Crippen LogP) is 0.713. The molecule has 2 atom stereocenters. The van der Waals surface area contributed by atoms with E-state index in [1.54, 1.807) is 13.8 Å². The number of hydrogen-bond acceptors (Lipinski definition) is 3. The van der Waals surface area contributed by atoms with Gasteiger partial charge in [0.15, 0.2) is 5.78 Å². The molecule has 0 unspecified atom stereocenters. The molecule has 0 aromatic carbocycles. The first-order valence-corrected chi connectivity index (χ1v) is 4.45. The summed E-state index contributed by atoms with van der Waals surface area (Å²) in [4.78, 5) is 11.3. The highest BCUT2D eigenvalue weighted by molar-refractivity contribution is 5.84. The van der Waals surface area contributed by atoms with Crippen LogP contribution in [0.3, 0.4) is 0 Å². The molecule has 0 spiro atoms. The van der Waals surface area contributed by atoms with E-state index >= 15 is 0 Å². The first-order valence-electron chi connectivity index (χ1n) is 4.45. The average Bonchev–Trinajstić information content (AvgIpc) is 1.98. The van der Waals surface area contributed by atoms with Crippen LogP contribution in [-0.4, -0.2) is 29.1 Å². The Morgan fingerprint density at radius 2 is 1.92 bits per heavy atom. The highest BCUT2D eigenvalue weighted by atomic mass is 16.3. The lowest BCUT2D eigenvalue weighted by Crippen LogP contribution is -2.47. The molecule has 0 saturated carbocycles. The quantitative estimate of drug-likeness (QED) is 0.644. The van der Waals surface area contributed by atoms with Crippen molar-refractivity contribution in [2.75, 3.05) is 0 Å². The smallest absolute Gasteiger partial charge is 0.152 e. The van der Waals surface area contributed by atoms with Gasteiger partial charge in [-0.15, -0.1) is 0 Å². The van der Waals surface area contributed by atoms with Crippen LogP contribution < -0.4 is 5.32 Å². The number of aliphatic hydroxyl groups excluding tert-OH is 1. The number of carbonyl (C=O) groups is 1. The molecule has 72 valence electrons. The second-order valence-corrected chi connectivity index (χ2v) is 3.36. The van der Waals surface area contributed by atoms with E-state index in [9.17, 15) is 9.90 Å². The summed E-state index contributed by atoms with van der Waals surface area (Å²) in [6.45, 7) is 7.35. The second-order valence-electron chi connectivity index (χ2n) is 3.36. The van der Waals surface area contributed by atoms with Crippen molar-refractivity contribution in [1.82, 2.24) is 5.32 Å². The summed E-state index contributed by atoms with van der Waals surface area (Å²) in [6, 6.07) is -0.185. The first-order chi connectivity index (χ1) is 5.49. The van der Waals surface area contributed by atoms with Crippen molar-refractivity contribution in [2.24, 2.45) is 0 Å². The molecular formula is C9H19NO2. The van der Waals surface area contributed by atoms with Gasteiger partial charge in [0.2, 0.25) is 0 Å². The Kier molecular flexibility index (Phi) is 5.09. The summed E-state index contributed by atoms with van der Waals surface area (Å²) in [5, 5.41) is 12.3. The molecule has 0 aliphatic rings. The molecule has 0 fully saturated rings. The summed E-state index contributed by atoms with van der Waals surface area (Å²) in [7, 11) is 0. The number of Topliss-reactive ketones (excluding diaryl/α,β-unsaturated/α-hetero) is 1. The van der Waals surface area contributed by atoms with E-state index in [0.29, 0.717) is 6.42 Å². The molecule has 0 amide bonds. The van der Waals surface area contributed by atoms with Crippen LogP contribution in [-0.2, 0) is 4.79 Å². The summed E-state index contributed by atoms with van der Waals surface area (Å²) in [6.07, 6.45) is -0.144. The van der Waals surface area contributed by atoms with E-state index in [2.05, 4.69) is 5.32 Å². The number of hydrogen-bond donors (Lipinski definition) is 2. The van der Waals surface area contributed by atoms with Gasteiger partial charge >= 0.3 is 0 Å². The third-order valence-corrected chi connectivity index (χ3v) is 1.69. The molecule has 0 aromatic heterocycles. The van der Waals surface area contributed by atoms with Gasteiger partial charge in [0, 0.05) is 12.5 Å². The molecule has 0 aliphatic carbocycles. The normalized spacial score (nSPS) is 16.2. The van der Waals surface area contributed by atoms with Crippen LogP contribution >= 0.6 is 0 Å². The summed E-state index contributed by atoms with van der Waals surface area (Å²) < 4.78 is 0. The van der Waals surface area contributed by atoms with Crippen LogP contribution in [0.15, 0.2) is 0 Å². The molecule has 12 heavy (non-hydrogen) atoms. The third-order valence-electron chi connectivity index (χ3n) is 1.69. The van der Waals surface area contributed by atoms with Gasteiger partial charge in [0.1, 0.15) is 0 Å². The monoisotopic (exact) mass is 173 g/mol. The molecule has 3 nitrogen and oxygen atoms in total. The van der Waals surface area contributed by atoms with Crippen LogP contribution in [0.25, 0.3) is 0 Å². The van der Waals surface area contributed by atoms with Gasteiger partial charge in [-0.3, -0.25) is 4.79 Å². The number of ketones is 1. The maximum Gasteiger partial charge on any atom is 0.152 e. The molecule has 0 heterocycles. The molecule has 0 aliphatic heterocycles. The van der Waals surface area contributed by atoms with Gasteiger partial charge in [0.05, 0.1) is 12.1 Å². The average molecular weight is 173 g/mol. The molecular weight excluding hydrogens is 154 g/mol. The zero-order valence-corrected chi connectivity index (χ0v) is 8.29. The lowest BCUT2D eigenvalue weighted by molar-refractivity contribution is -0.123. The number of aliphatic hydroxyl groups is 1. The van der Waals surface area contributed by atoms with E-state index in [4.69, 9.17) is 0 Å². The molecule has 0 saturated heterocycles. The molecule has 3 heteroatoms. The Morgan fingerprint density at radius 3 is 2.17 bits per heavy atom. The number of carbonyl (C=O) groups excluding carboxylic acids is 1. The van der Waals surface area contributed by atoms with Crippen LogP contribution in [0.1, 0.15) is 34.1 Å². The predicted molar refractivity (Wildman–Crippen MR) is 49.0 cm³/mol. The van der Waals surface area contributed by atoms with Crippen molar-refractivity contribution in [2.45, 2.75) is 52.3 Å². The Labute approximate surface area is 74.2 Å². The lowest BCUT2D eigenvalue weighted by atomic mass is 10.0. The maximum absolute atomic E-state index is 11.3. The maximum atomic E-state index is 11.3. The largest absolute Gasteiger partial charge is 0.391 e. The molecule has 0 aromatic rings. The molecule has 0 rings (SSSR count). The van der Waals surface area contributed by atoms with E-state index in [-0.39, 0.29) is 11.8 Å². The summed E-state index contributed by atoms with van der Waals surface area (Å²) in [5.41, 5.74) is 0. The Morgan fingerprint density at radius 1 is 1.42 bits per heavy atom. The van der Waals surface area contributed by atoms with Crippen molar-refractivity contribution in [1.29, 1.82) is 0 Å². The fourth-order valence-electron chi connectivity index (χ4n) is 1.08. The van der Waals surface area contributed by atoms with Crippen molar-refractivity contribution in [3.05, 3.63) is 0 Å². The van der Waals surface area contributed by atoms with Crippen LogP contribution in [0, 0.1) is 0 Å². The minimum Gasteiger partial charge on any atom is -0.391 e. The summed E-state index contributed by atoms with van der Waals surface area (Å²) >= 11 is 0. The fourth-order valence-corrected chi connectivity index (χ4v) is 1.08. The minimum absolute atomic E-state index is 0.0682. The zero-order valence-electron chi connectivity index (χ0n) is 8.29. The van der Waals surface area contributed by atoms with Gasteiger partial charge in [-0.2, -0.15) is 0 Å².